The number of H-pyrrole nitrogens is 1. The third kappa shape index (κ3) is 5.49. The molecule has 3 heterocycles. The smallest absolute Gasteiger partial charge is 0.234 e. The van der Waals surface area contributed by atoms with Crippen molar-refractivity contribution in [2.45, 2.75) is 12.3 Å². The van der Waals surface area contributed by atoms with Gasteiger partial charge >= 0.3 is 0 Å². The van der Waals surface area contributed by atoms with Gasteiger partial charge in [0.25, 0.3) is 0 Å². The van der Waals surface area contributed by atoms with Crippen LogP contribution in [0.4, 0.5) is 5.13 Å². The summed E-state index contributed by atoms with van der Waals surface area (Å²) in [6, 6.07) is 16.4. The topological polar surface area (TPSA) is 73.5 Å². The summed E-state index contributed by atoms with van der Waals surface area (Å²) in [6.07, 6.45) is 4.94. The highest BCUT2D eigenvalue weighted by Gasteiger charge is 2.22. The van der Waals surface area contributed by atoms with Crippen molar-refractivity contribution in [3.05, 3.63) is 77.4 Å². The molecule has 0 saturated carbocycles. The van der Waals surface area contributed by atoms with Crippen molar-refractivity contribution < 1.29 is 9.53 Å². The fourth-order valence-electron chi connectivity index (χ4n) is 4.79. The van der Waals surface area contributed by atoms with Crippen molar-refractivity contribution in [2.24, 2.45) is 0 Å². The maximum Gasteiger partial charge on any atom is 0.234 e. The number of aromatic nitrogens is 2. The fourth-order valence-corrected chi connectivity index (χ4v) is 5.49. The van der Waals surface area contributed by atoms with Gasteiger partial charge in [-0.3, -0.25) is 9.69 Å². The standard InChI is InChI=1S/C27H31N5O2S/c1-34-21-9-7-20(8-10-21)23(24-18-29-25-6-3-2-5-22(24)25)17-30-26(33)19-31-12-4-13-32(15-14-31)27-28-11-16-35-27/h2-3,5-11,16,18,23,29H,4,12-15,17,19H2,1H3,(H,30,33). The van der Waals surface area contributed by atoms with Crippen molar-refractivity contribution in [1.29, 1.82) is 0 Å². The molecular weight excluding hydrogens is 458 g/mol. The Morgan fingerprint density at radius 3 is 2.80 bits per heavy atom. The van der Waals surface area contributed by atoms with Crippen LogP contribution in [0.15, 0.2) is 66.3 Å². The molecule has 4 aromatic rings. The first-order valence-corrected chi connectivity index (χ1v) is 12.9. The summed E-state index contributed by atoms with van der Waals surface area (Å²) in [7, 11) is 1.67. The van der Waals surface area contributed by atoms with Crippen LogP contribution in [0.3, 0.4) is 0 Å². The largest absolute Gasteiger partial charge is 0.497 e. The van der Waals surface area contributed by atoms with Crippen LogP contribution >= 0.6 is 11.3 Å². The average Bonchev–Trinajstić information content (AvgIpc) is 3.52. The number of carbonyl (C=O) groups excluding carboxylic acids is 1. The zero-order chi connectivity index (χ0) is 24.0. The molecule has 1 atom stereocenters. The highest BCUT2D eigenvalue weighted by molar-refractivity contribution is 7.13. The molecule has 7 nitrogen and oxygen atoms in total. The first kappa shape index (κ1) is 23.4. The number of nitrogens with zero attached hydrogens (tertiary/aromatic N) is 3. The summed E-state index contributed by atoms with van der Waals surface area (Å²) in [5.74, 6) is 0.917. The van der Waals surface area contributed by atoms with Crippen molar-refractivity contribution in [3.8, 4) is 5.75 Å². The molecule has 1 unspecified atom stereocenters. The molecule has 2 aromatic heterocycles. The molecule has 1 saturated heterocycles. The van der Waals surface area contributed by atoms with E-state index in [9.17, 15) is 4.79 Å². The molecular formula is C27H31N5O2S. The van der Waals surface area contributed by atoms with Gasteiger partial charge in [-0.05, 0) is 35.7 Å². The third-order valence-electron chi connectivity index (χ3n) is 6.66. The number of aromatic amines is 1. The van der Waals surface area contributed by atoms with Crippen molar-refractivity contribution in [3.63, 3.8) is 0 Å². The van der Waals surface area contributed by atoms with E-state index in [-0.39, 0.29) is 11.8 Å². The van der Waals surface area contributed by atoms with Crippen LogP contribution < -0.4 is 15.0 Å². The van der Waals surface area contributed by atoms with Gasteiger partial charge in [-0.15, -0.1) is 11.3 Å². The number of carbonyl (C=O) groups is 1. The normalized spacial score (nSPS) is 15.6. The number of fused-ring (bicyclic) bond motifs is 1. The van der Waals surface area contributed by atoms with E-state index in [1.165, 1.54) is 10.9 Å². The molecule has 5 rings (SSSR count). The minimum atomic E-state index is 0.0329. The predicted octanol–water partition coefficient (Wildman–Crippen LogP) is 4.09. The van der Waals surface area contributed by atoms with Gasteiger partial charge in [0.15, 0.2) is 5.13 Å². The minimum Gasteiger partial charge on any atom is -0.497 e. The number of benzene rings is 2. The zero-order valence-corrected chi connectivity index (χ0v) is 20.8. The first-order valence-electron chi connectivity index (χ1n) is 12.0. The summed E-state index contributed by atoms with van der Waals surface area (Å²) < 4.78 is 5.35. The van der Waals surface area contributed by atoms with Crippen LogP contribution in [-0.4, -0.2) is 67.2 Å². The number of nitrogens with one attached hydrogen (secondary N) is 2. The van der Waals surface area contributed by atoms with Crippen LogP contribution in [0.25, 0.3) is 10.9 Å². The van der Waals surface area contributed by atoms with Gasteiger partial charge in [0.2, 0.25) is 5.91 Å². The minimum absolute atomic E-state index is 0.0329. The SMILES string of the molecule is COc1ccc(C(CNC(=O)CN2CCCN(c3nccs3)CC2)c2c[nH]c3ccccc23)cc1. The highest BCUT2D eigenvalue weighted by atomic mass is 32.1. The number of para-hydroxylation sites is 1. The Balaban J connectivity index is 1.26. The van der Waals surface area contributed by atoms with Crippen LogP contribution in [0.1, 0.15) is 23.5 Å². The summed E-state index contributed by atoms with van der Waals surface area (Å²) in [4.78, 5) is 25.4. The second-order valence-corrected chi connectivity index (χ2v) is 9.72. The van der Waals surface area contributed by atoms with E-state index in [4.69, 9.17) is 4.74 Å². The molecule has 0 radical (unpaired) electrons. The van der Waals surface area contributed by atoms with Gasteiger partial charge in [-0.2, -0.15) is 0 Å². The van der Waals surface area contributed by atoms with E-state index in [0.717, 1.165) is 54.6 Å². The Bertz CT molecular complexity index is 1240. The maximum atomic E-state index is 13.0. The molecule has 182 valence electrons. The molecule has 8 heteroatoms. The number of methoxy groups -OCH3 is 1. The van der Waals surface area contributed by atoms with Crippen LogP contribution in [-0.2, 0) is 4.79 Å². The molecule has 1 aliphatic heterocycles. The van der Waals surface area contributed by atoms with Crippen molar-refractivity contribution in [1.82, 2.24) is 20.2 Å². The van der Waals surface area contributed by atoms with Gasteiger partial charge in [0.05, 0.1) is 13.7 Å². The zero-order valence-electron chi connectivity index (χ0n) is 19.9. The Morgan fingerprint density at radius 1 is 1.14 bits per heavy atom. The van der Waals surface area contributed by atoms with Crippen LogP contribution in [0, 0.1) is 0 Å². The molecule has 0 bridgehead atoms. The van der Waals surface area contributed by atoms with Gasteiger partial charge in [0.1, 0.15) is 5.75 Å². The molecule has 1 aliphatic rings. The Labute approximate surface area is 209 Å². The lowest BCUT2D eigenvalue weighted by atomic mass is 9.90. The van der Waals surface area contributed by atoms with E-state index in [1.807, 2.05) is 29.8 Å². The number of hydrogen-bond acceptors (Lipinski definition) is 6. The number of anilines is 1. The summed E-state index contributed by atoms with van der Waals surface area (Å²) in [5.41, 5.74) is 3.42. The van der Waals surface area contributed by atoms with Gasteiger partial charge in [-0.25, -0.2) is 4.98 Å². The number of rotatable bonds is 8. The number of hydrogen-bond donors (Lipinski definition) is 2. The second kappa shape index (κ2) is 10.9. The fraction of sp³-hybridized carbons (Fsp3) is 0.333. The summed E-state index contributed by atoms with van der Waals surface area (Å²) in [5, 5.41) is 7.48. The Morgan fingerprint density at radius 2 is 2.00 bits per heavy atom. The number of thiazole rings is 1. The molecule has 0 aliphatic carbocycles. The third-order valence-corrected chi connectivity index (χ3v) is 7.50. The molecule has 1 amide bonds. The maximum absolute atomic E-state index is 13.0. The number of ether oxygens (including phenoxy) is 1. The molecule has 1 fully saturated rings. The summed E-state index contributed by atoms with van der Waals surface area (Å²) >= 11 is 1.67. The van der Waals surface area contributed by atoms with E-state index in [0.29, 0.717) is 13.1 Å². The molecule has 0 spiro atoms. The highest BCUT2D eigenvalue weighted by Crippen LogP contribution is 2.31. The average molecular weight is 490 g/mol. The van der Waals surface area contributed by atoms with Crippen molar-refractivity contribution >= 4 is 33.3 Å². The van der Waals surface area contributed by atoms with E-state index in [1.54, 1.807) is 18.4 Å². The lowest BCUT2D eigenvalue weighted by Crippen LogP contribution is -2.40. The van der Waals surface area contributed by atoms with Gasteiger partial charge in [-0.1, -0.05) is 30.3 Å². The molecule has 35 heavy (non-hydrogen) atoms. The lowest BCUT2D eigenvalue weighted by Gasteiger charge is -2.22. The Kier molecular flexibility index (Phi) is 7.30. The van der Waals surface area contributed by atoms with Crippen LogP contribution in [0.2, 0.25) is 0 Å². The van der Waals surface area contributed by atoms with Crippen molar-refractivity contribution in [2.75, 3.05) is 51.3 Å². The quantitative estimate of drug-likeness (QED) is 0.390. The van der Waals surface area contributed by atoms with E-state index < -0.39 is 0 Å². The second-order valence-electron chi connectivity index (χ2n) is 8.85. The Hall–Kier alpha value is -3.36. The lowest BCUT2D eigenvalue weighted by molar-refractivity contribution is -0.122. The van der Waals surface area contributed by atoms with E-state index >= 15 is 0 Å². The van der Waals surface area contributed by atoms with E-state index in [2.05, 4.69) is 61.6 Å². The van der Waals surface area contributed by atoms with Gasteiger partial charge < -0.3 is 19.9 Å². The molecule has 2 N–H and O–H groups in total. The molecule has 2 aromatic carbocycles. The van der Waals surface area contributed by atoms with Crippen LogP contribution in [0.5, 0.6) is 5.75 Å². The van der Waals surface area contributed by atoms with Gasteiger partial charge in [0, 0.05) is 67.3 Å². The predicted molar refractivity (Wildman–Crippen MR) is 142 cm³/mol. The summed E-state index contributed by atoms with van der Waals surface area (Å²) in [6.45, 7) is 4.59. The number of amides is 1. The monoisotopic (exact) mass is 489 g/mol. The first-order chi connectivity index (χ1) is 17.2.